The number of aliphatic hydroxyl groups excluding tert-OH is 1. The number of allylic oxidation sites excluding steroid dienone is 1. The van der Waals surface area contributed by atoms with E-state index in [-0.39, 0.29) is 24.1 Å². The fourth-order valence-corrected chi connectivity index (χ4v) is 11.8. The van der Waals surface area contributed by atoms with Crippen molar-refractivity contribution >= 4 is 31.9 Å². The van der Waals surface area contributed by atoms with Crippen LogP contribution in [0.4, 0.5) is 4.79 Å². The average molecular weight is 565 g/mol. The van der Waals surface area contributed by atoms with E-state index in [1.165, 1.54) is 4.90 Å². The molecular weight excluding hydrogens is 516 g/mol. The summed E-state index contributed by atoms with van der Waals surface area (Å²) in [7, 11) is -2.08. The van der Waals surface area contributed by atoms with Crippen molar-refractivity contribution in [3.63, 3.8) is 0 Å². The number of urea groups is 1. The first-order valence-electron chi connectivity index (χ1n) is 14.1. The highest BCUT2D eigenvalue weighted by Gasteiger charge is 2.46. The number of hydrogen-bond donors (Lipinski definition) is 2. The van der Waals surface area contributed by atoms with Gasteiger partial charge >= 0.3 is 6.03 Å². The van der Waals surface area contributed by atoms with E-state index in [9.17, 15) is 14.7 Å². The highest BCUT2D eigenvalue weighted by molar-refractivity contribution is 6.77. The third kappa shape index (κ3) is 7.93. The Kier molecular flexibility index (Phi) is 12.5. The van der Waals surface area contributed by atoms with Crippen molar-refractivity contribution in [2.24, 2.45) is 5.92 Å². The van der Waals surface area contributed by atoms with E-state index in [1.807, 2.05) is 37.3 Å². The minimum absolute atomic E-state index is 0.182. The molecule has 0 aromatic heterocycles. The van der Waals surface area contributed by atoms with Gasteiger partial charge in [-0.2, -0.15) is 0 Å². The Bertz CT molecular complexity index is 916. The molecule has 1 aromatic rings. The van der Waals surface area contributed by atoms with E-state index in [1.54, 1.807) is 6.92 Å². The molecule has 2 rings (SSSR count). The zero-order chi connectivity index (χ0) is 28.6. The molecule has 1 heterocycles. The van der Waals surface area contributed by atoms with Gasteiger partial charge in [-0.1, -0.05) is 90.4 Å². The third-order valence-electron chi connectivity index (χ3n) is 8.11. The van der Waals surface area contributed by atoms with Gasteiger partial charge in [-0.3, -0.25) is 9.69 Å². The maximum Gasteiger partial charge on any atom is 0.324 e. The second-order valence-corrected chi connectivity index (χ2v) is 17.5. The van der Waals surface area contributed by atoms with Crippen LogP contribution in [0.3, 0.4) is 0 Å². The Morgan fingerprint density at radius 3 is 2.24 bits per heavy atom. The van der Waals surface area contributed by atoms with Crippen molar-refractivity contribution < 1.29 is 19.1 Å². The van der Waals surface area contributed by atoms with E-state index in [2.05, 4.69) is 52.9 Å². The molecule has 4 atom stereocenters. The van der Waals surface area contributed by atoms with E-state index in [0.29, 0.717) is 48.3 Å². The lowest BCUT2D eigenvalue weighted by Crippen LogP contribution is -2.50. The second kappa shape index (κ2) is 14.6. The van der Waals surface area contributed by atoms with Gasteiger partial charge in [-0.15, -0.1) is 11.6 Å². The van der Waals surface area contributed by atoms with Gasteiger partial charge < -0.3 is 14.8 Å². The Hall–Kier alpha value is -1.67. The SMILES string of the molecule is C/C(=C\C(CCl)O[Si](C(C)C)(C(C)C)C(C)C)CC[C@H](O)[C@@H](C)C(=O)N1C(=O)NC[C@H]1Cc1ccccc1. The maximum absolute atomic E-state index is 13.3. The van der Waals surface area contributed by atoms with Gasteiger partial charge in [0.1, 0.15) is 0 Å². The van der Waals surface area contributed by atoms with Gasteiger partial charge in [0, 0.05) is 6.54 Å². The molecule has 0 bridgehead atoms. The van der Waals surface area contributed by atoms with Crippen LogP contribution in [0.25, 0.3) is 0 Å². The molecule has 8 heteroatoms. The highest BCUT2D eigenvalue weighted by Crippen LogP contribution is 2.43. The zero-order valence-electron chi connectivity index (χ0n) is 24.5. The monoisotopic (exact) mass is 564 g/mol. The number of halogens is 1. The summed E-state index contributed by atoms with van der Waals surface area (Å²) in [6.07, 6.45) is 2.68. The molecule has 6 nitrogen and oxygen atoms in total. The normalized spacial score (nSPS) is 19.3. The van der Waals surface area contributed by atoms with Crippen LogP contribution in [0.2, 0.25) is 16.6 Å². The molecule has 3 amide bonds. The van der Waals surface area contributed by atoms with E-state index >= 15 is 0 Å². The predicted octanol–water partition coefficient (Wildman–Crippen LogP) is 6.67. The number of benzene rings is 1. The molecule has 214 valence electrons. The molecule has 1 saturated heterocycles. The fraction of sp³-hybridized carbons (Fsp3) is 0.667. The lowest BCUT2D eigenvalue weighted by molar-refractivity contribution is -0.136. The van der Waals surface area contributed by atoms with Crippen LogP contribution in [0, 0.1) is 5.92 Å². The van der Waals surface area contributed by atoms with E-state index in [4.69, 9.17) is 16.0 Å². The van der Waals surface area contributed by atoms with Crippen molar-refractivity contribution in [1.29, 1.82) is 0 Å². The summed E-state index contributed by atoms with van der Waals surface area (Å²) in [5.74, 6) is -0.644. The largest absolute Gasteiger partial charge is 0.409 e. The number of nitrogens with one attached hydrogen (secondary N) is 1. The number of nitrogens with zero attached hydrogens (tertiary/aromatic N) is 1. The van der Waals surface area contributed by atoms with Gasteiger partial charge in [-0.25, -0.2) is 4.79 Å². The third-order valence-corrected chi connectivity index (χ3v) is 14.5. The number of carbonyl (C=O) groups is 2. The number of rotatable bonds is 14. The molecule has 1 aromatic carbocycles. The first kappa shape index (κ1) is 32.5. The molecule has 1 unspecified atom stereocenters. The number of imide groups is 1. The minimum atomic E-state index is -2.08. The van der Waals surface area contributed by atoms with E-state index < -0.39 is 20.3 Å². The Balaban J connectivity index is 2.03. The van der Waals surface area contributed by atoms with Crippen LogP contribution in [0.15, 0.2) is 42.0 Å². The molecule has 0 aliphatic carbocycles. The minimum Gasteiger partial charge on any atom is -0.409 e. The topological polar surface area (TPSA) is 78.9 Å². The van der Waals surface area contributed by atoms with Gasteiger partial charge in [0.15, 0.2) is 0 Å². The molecule has 1 fully saturated rings. The molecule has 0 saturated carbocycles. The van der Waals surface area contributed by atoms with Gasteiger partial charge in [-0.05, 0) is 48.4 Å². The molecule has 1 aliphatic rings. The van der Waals surface area contributed by atoms with Gasteiger partial charge in [0.25, 0.3) is 0 Å². The number of amides is 3. The van der Waals surface area contributed by atoms with Gasteiger partial charge in [0.2, 0.25) is 14.2 Å². The lowest BCUT2D eigenvalue weighted by Gasteiger charge is -2.44. The van der Waals surface area contributed by atoms with Crippen molar-refractivity contribution in [1.82, 2.24) is 10.2 Å². The number of hydrogen-bond acceptors (Lipinski definition) is 4. The first-order chi connectivity index (χ1) is 17.8. The second-order valence-electron chi connectivity index (χ2n) is 11.8. The van der Waals surface area contributed by atoms with Crippen molar-refractivity contribution in [3.05, 3.63) is 47.5 Å². The smallest absolute Gasteiger partial charge is 0.324 e. The summed E-state index contributed by atoms with van der Waals surface area (Å²) >= 11 is 6.36. The number of carbonyl (C=O) groups excluding carboxylic acids is 2. The van der Waals surface area contributed by atoms with Crippen LogP contribution in [0.1, 0.15) is 73.8 Å². The summed E-state index contributed by atoms with van der Waals surface area (Å²) in [6, 6.07) is 9.18. The number of alkyl halides is 1. The Labute approximate surface area is 236 Å². The zero-order valence-corrected chi connectivity index (χ0v) is 26.3. The Morgan fingerprint density at radius 2 is 1.71 bits per heavy atom. The van der Waals surface area contributed by atoms with Crippen LogP contribution >= 0.6 is 11.6 Å². The summed E-state index contributed by atoms with van der Waals surface area (Å²) in [5.41, 5.74) is 3.53. The number of aliphatic hydroxyl groups is 1. The average Bonchev–Trinajstić information content (AvgIpc) is 3.23. The fourth-order valence-electron chi connectivity index (χ4n) is 6.07. The first-order valence-corrected chi connectivity index (χ1v) is 16.8. The van der Waals surface area contributed by atoms with Gasteiger partial charge in [0.05, 0.1) is 30.0 Å². The van der Waals surface area contributed by atoms with Crippen molar-refractivity contribution in [2.75, 3.05) is 12.4 Å². The van der Waals surface area contributed by atoms with Crippen LogP contribution < -0.4 is 5.32 Å². The van der Waals surface area contributed by atoms with Crippen molar-refractivity contribution in [3.8, 4) is 0 Å². The molecule has 2 N–H and O–H groups in total. The highest BCUT2D eigenvalue weighted by atomic mass is 35.5. The van der Waals surface area contributed by atoms with E-state index in [0.717, 1.165) is 11.1 Å². The molecule has 1 aliphatic heterocycles. The molecule has 0 spiro atoms. The predicted molar refractivity (Wildman–Crippen MR) is 159 cm³/mol. The van der Waals surface area contributed by atoms with Crippen LogP contribution in [0.5, 0.6) is 0 Å². The molecular formula is C30H49ClN2O4Si. The quantitative estimate of drug-likeness (QED) is 0.150. The standard InChI is InChI=1S/C30H49ClN2O4Si/c1-20(2)38(21(3)4,22(5)6)37-27(18-31)16-23(7)14-15-28(34)24(8)29(35)33-26(19-32-30(33)36)17-25-12-10-9-11-13-25/h9-13,16,20-22,24,26-28,34H,14-15,17-19H2,1-8H3,(H,32,36)/b23-16+/t24-,26-,27?,28+/m1/s1. The lowest BCUT2D eigenvalue weighted by atomic mass is 9.95. The van der Waals surface area contributed by atoms with Crippen LogP contribution in [-0.4, -0.2) is 60.9 Å². The van der Waals surface area contributed by atoms with Crippen LogP contribution in [-0.2, 0) is 15.6 Å². The van der Waals surface area contributed by atoms with Crippen molar-refractivity contribution in [2.45, 2.75) is 110 Å². The summed E-state index contributed by atoms with van der Waals surface area (Å²) in [6.45, 7) is 17.7. The molecule has 0 radical (unpaired) electrons. The summed E-state index contributed by atoms with van der Waals surface area (Å²) in [4.78, 5) is 27.1. The summed E-state index contributed by atoms with van der Waals surface area (Å²) < 4.78 is 6.84. The Morgan fingerprint density at radius 1 is 1.13 bits per heavy atom. The summed E-state index contributed by atoms with van der Waals surface area (Å²) in [5, 5.41) is 13.7. The molecule has 38 heavy (non-hydrogen) atoms. The maximum atomic E-state index is 13.3.